The van der Waals surface area contributed by atoms with Crippen molar-refractivity contribution in [2.75, 3.05) is 0 Å². The van der Waals surface area contributed by atoms with Crippen LogP contribution in [0.3, 0.4) is 0 Å². The Kier molecular flexibility index (Phi) is 2.95. The lowest BCUT2D eigenvalue weighted by atomic mass is 10.0. The Labute approximate surface area is 95.5 Å². The van der Waals surface area contributed by atoms with Crippen LogP contribution in [0.25, 0.3) is 0 Å². The van der Waals surface area contributed by atoms with Crippen molar-refractivity contribution < 1.29 is 9.90 Å². The van der Waals surface area contributed by atoms with E-state index in [2.05, 4.69) is 18.8 Å². The Bertz CT molecular complexity index is 424. The largest absolute Gasteiger partial charge is 0.478 e. The van der Waals surface area contributed by atoms with E-state index < -0.39 is 5.97 Å². The second-order valence-corrected chi connectivity index (χ2v) is 4.84. The first-order valence-corrected chi connectivity index (χ1v) is 5.83. The van der Waals surface area contributed by atoms with E-state index in [1.165, 1.54) is 0 Å². The van der Waals surface area contributed by atoms with E-state index in [1.54, 1.807) is 6.07 Å². The summed E-state index contributed by atoms with van der Waals surface area (Å²) in [5.41, 5.74) is 3.36. The van der Waals surface area contributed by atoms with E-state index in [9.17, 15) is 9.90 Å². The van der Waals surface area contributed by atoms with E-state index in [-0.39, 0.29) is 0 Å². The smallest absolute Gasteiger partial charge is 0.336 e. The Morgan fingerprint density at radius 3 is 2.88 bits per heavy atom. The molecule has 3 heteroatoms. The van der Waals surface area contributed by atoms with Gasteiger partial charge in [-0.05, 0) is 43.2 Å². The van der Waals surface area contributed by atoms with Crippen LogP contribution in [0.1, 0.15) is 47.6 Å². The zero-order valence-electron chi connectivity index (χ0n) is 9.79. The SMILES string of the molecule is CC(C)Cc1cc(C(=O)O)c2c(n1)CCC2. The lowest BCUT2D eigenvalue weighted by Crippen LogP contribution is -2.08. The molecule has 0 aromatic carbocycles. The second-order valence-electron chi connectivity index (χ2n) is 4.84. The molecule has 1 aliphatic carbocycles. The summed E-state index contributed by atoms with van der Waals surface area (Å²) < 4.78 is 0. The third-order valence-electron chi connectivity index (χ3n) is 2.95. The first-order valence-electron chi connectivity index (χ1n) is 5.83. The summed E-state index contributed by atoms with van der Waals surface area (Å²) in [5.74, 6) is -0.306. The predicted octanol–water partition coefficient (Wildman–Crippen LogP) is 2.47. The molecule has 1 aromatic heterocycles. The molecule has 0 spiro atoms. The molecule has 0 saturated heterocycles. The van der Waals surface area contributed by atoms with Gasteiger partial charge in [-0.3, -0.25) is 4.98 Å². The number of aromatic nitrogens is 1. The number of carbonyl (C=O) groups is 1. The lowest BCUT2D eigenvalue weighted by Gasteiger charge is -2.09. The zero-order chi connectivity index (χ0) is 11.7. The van der Waals surface area contributed by atoms with Crippen LogP contribution in [0.15, 0.2) is 6.07 Å². The van der Waals surface area contributed by atoms with Crippen LogP contribution in [0.4, 0.5) is 0 Å². The van der Waals surface area contributed by atoms with Crippen LogP contribution < -0.4 is 0 Å². The number of nitrogens with zero attached hydrogens (tertiary/aromatic N) is 1. The van der Waals surface area contributed by atoms with Gasteiger partial charge in [-0.25, -0.2) is 4.79 Å². The van der Waals surface area contributed by atoms with Gasteiger partial charge in [0, 0.05) is 11.4 Å². The van der Waals surface area contributed by atoms with Crippen LogP contribution in [0.2, 0.25) is 0 Å². The number of hydrogen-bond donors (Lipinski definition) is 1. The van der Waals surface area contributed by atoms with Crippen molar-refractivity contribution in [3.63, 3.8) is 0 Å². The lowest BCUT2D eigenvalue weighted by molar-refractivity contribution is 0.0695. The van der Waals surface area contributed by atoms with Gasteiger partial charge < -0.3 is 5.11 Å². The first kappa shape index (κ1) is 11.1. The number of hydrogen-bond acceptors (Lipinski definition) is 2. The monoisotopic (exact) mass is 219 g/mol. The quantitative estimate of drug-likeness (QED) is 0.849. The maximum atomic E-state index is 11.2. The molecule has 86 valence electrons. The molecular weight excluding hydrogens is 202 g/mol. The molecule has 0 saturated carbocycles. The number of pyridine rings is 1. The molecule has 1 aromatic rings. The van der Waals surface area contributed by atoms with Crippen molar-refractivity contribution in [2.45, 2.75) is 39.5 Å². The Morgan fingerprint density at radius 1 is 1.50 bits per heavy atom. The average molecular weight is 219 g/mol. The Balaban J connectivity index is 2.43. The third-order valence-corrected chi connectivity index (χ3v) is 2.95. The average Bonchev–Trinajstić information content (AvgIpc) is 2.62. The summed E-state index contributed by atoms with van der Waals surface area (Å²) in [4.78, 5) is 15.7. The fraction of sp³-hybridized carbons (Fsp3) is 0.538. The molecule has 2 rings (SSSR count). The van der Waals surface area contributed by atoms with Gasteiger partial charge >= 0.3 is 5.97 Å². The van der Waals surface area contributed by atoms with Crippen molar-refractivity contribution in [1.29, 1.82) is 0 Å². The minimum Gasteiger partial charge on any atom is -0.478 e. The molecule has 0 fully saturated rings. The van der Waals surface area contributed by atoms with Crippen LogP contribution in [-0.2, 0) is 19.3 Å². The van der Waals surface area contributed by atoms with E-state index >= 15 is 0 Å². The molecule has 0 aliphatic heterocycles. The summed E-state index contributed by atoms with van der Waals surface area (Å²) in [6.45, 7) is 4.24. The maximum absolute atomic E-state index is 11.2. The van der Waals surface area contributed by atoms with Crippen LogP contribution in [-0.4, -0.2) is 16.1 Å². The molecule has 0 unspecified atom stereocenters. The van der Waals surface area contributed by atoms with Crippen LogP contribution >= 0.6 is 0 Å². The van der Waals surface area contributed by atoms with E-state index in [4.69, 9.17) is 0 Å². The van der Waals surface area contributed by atoms with Crippen molar-refractivity contribution in [1.82, 2.24) is 4.98 Å². The van der Waals surface area contributed by atoms with Gasteiger partial charge in [-0.2, -0.15) is 0 Å². The van der Waals surface area contributed by atoms with Crippen molar-refractivity contribution in [2.24, 2.45) is 5.92 Å². The Morgan fingerprint density at radius 2 is 2.25 bits per heavy atom. The van der Waals surface area contributed by atoms with E-state index in [1.807, 2.05) is 0 Å². The number of aryl methyl sites for hydroxylation is 1. The maximum Gasteiger partial charge on any atom is 0.336 e. The molecule has 0 radical (unpaired) electrons. The fourth-order valence-corrected chi connectivity index (χ4v) is 2.31. The summed E-state index contributed by atoms with van der Waals surface area (Å²) in [6.07, 6.45) is 3.69. The van der Waals surface area contributed by atoms with Gasteiger partial charge in [0.2, 0.25) is 0 Å². The molecule has 1 aliphatic rings. The van der Waals surface area contributed by atoms with Gasteiger partial charge in [-0.15, -0.1) is 0 Å². The number of aromatic carboxylic acids is 1. The Hall–Kier alpha value is -1.38. The van der Waals surface area contributed by atoms with Crippen LogP contribution in [0.5, 0.6) is 0 Å². The summed E-state index contributed by atoms with van der Waals surface area (Å²) >= 11 is 0. The summed E-state index contributed by atoms with van der Waals surface area (Å²) in [6, 6.07) is 1.76. The summed E-state index contributed by atoms with van der Waals surface area (Å²) in [5, 5.41) is 9.18. The topological polar surface area (TPSA) is 50.2 Å². The number of rotatable bonds is 3. The molecule has 1 N–H and O–H groups in total. The second kappa shape index (κ2) is 4.24. The molecule has 16 heavy (non-hydrogen) atoms. The molecule has 0 bridgehead atoms. The highest BCUT2D eigenvalue weighted by Crippen LogP contribution is 2.25. The van der Waals surface area contributed by atoms with Gasteiger partial charge in [-0.1, -0.05) is 13.8 Å². The highest BCUT2D eigenvalue weighted by molar-refractivity contribution is 5.90. The molecule has 1 heterocycles. The van der Waals surface area contributed by atoms with Crippen molar-refractivity contribution >= 4 is 5.97 Å². The van der Waals surface area contributed by atoms with E-state index in [0.717, 1.165) is 42.6 Å². The standard InChI is InChI=1S/C13H17NO2/c1-8(2)6-9-7-11(13(15)16)10-4-3-5-12(10)14-9/h7-8H,3-6H2,1-2H3,(H,15,16). The molecule has 0 amide bonds. The van der Waals surface area contributed by atoms with Gasteiger partial charge in [0.05, 0.1) is 5.56 Å². The number of carboxylic acid groups (broad SMARTS) is 1. The highest BCUT2D eigenvalue weighted by atomic mass is 16.4. The zero-order valence-corrected chi connectivity index (χ0v) is 9.79. The minimum absolute atomic E-state index is 0.471. The number of fused-ring (bicyclic) bond motifs is 1. The first-order chi connectivity index (χ1) is 7.58. The van der Waals surface area contributed by atoms with Crippen LogP contribution in [0, 0.1) is 5.92 Å². The third kappa shape index (κ3) is 2.08. The van der Waals surface area contributed by atoms with Gasteiger partial charge in [0.1, 0.15) is 0 Å². The van der Waals surface area contributed by atoms with Crippen molar-refractivity contribution in [3.05, 3.63) is 28.6 Å². The molecular formula is C13H17NO2. The predicted molar refractivity (Wildman–Crippen MR) is 61.8 cm³/mol. The van der Waals surface area contributed by atoms with Gasteiger partial charge in [0.15, 0.2) is 0 Å². The molecule has 3 nitrogen and oxygen atoms in total. The minimum atomic E-state index is -0.814. The number of carboxylic acids is 1. The van der Waals surface area contributed by atoms with E-state index in [0.29, 0.717) is 11.5 Å². The normalized spacial score (nSPS) is 14.2. The fourth-order valence-electron chi connectivity index (χ4n) is 2.31. The highest BCUT2D eigenvalue weighted by Gasteiger charge is 2.21. The summed E-state index contributed by atoms with van der Waals surface area (Å²) in [7, 11) is 0. The van der Waals surface area contributed by atoms with Gasteiger partial charge in [0.25, 0.3) is 0 Å². The van der Waals surface area contributed by atoms with Crippen molar-refractivity contribution in [3.8, 4) is 0 Å². The molecule has 0 atom stereocenters.